The average molecular weight is 377 g/mol. The maximum Gasteiger partial charge on any atom is 0.227 e. The Labute approximate surface area is 158 Å². The summed E-state index contributed by atoms with van der Waals surface area (Å²) < 4.78 is 0. The van der Waals surface area contributed by atoms with E-state index in [1.54, 1.807) is 18.2 Å². The summed E-state index contributed by atoms with van der Waals surface area (Å²) in [6.07, 6.45) is 1.73. The number of anilines is 1. The van der Waals surface area contributed by atoms with Gasteiger partial charge in [-0.2, -0.15) is 0 Å². The van der Waals surface area contributed by atoms with Gasteiger partial charge in [0.15, 0.2) is 0 Å². The molecule has 0 bridgehead atoms. The van der Waals surface area contributed by atoms with Crippen LogP contribution in [-0.2, 0) is 11.3 Å². The minimum Gasteiger partial charge on any atom is -0.325 e. The van der Waals surface area contributed by atoms with Gasteiger partial charge in [0.25, 0.3) is 0 Å². The van der Waals surface area contributed by atoms with Crippen LogP contribution in [0.5, 0.6) is 0 Å². The molecule has 1 aliphatic heterocycles. The van der Waals surface area contributed by atoms with Crippen LogP contribution < -0.4 is 5.32 Å². The molecule has 0 radical (unpaired) electrons. The van der Waals surface area contributed by atoms with Gasteiger partial charge in [0, 0.05) is 17.5 Å². The number of nitrogens with one attached hydrogen (secondary N) is 1. The van der Waals surface area contributed by atoms with E-state index in [-0.39, 0.29) is 11.8 Å². The number of benzene rings is 2. The topological polar surface area (TPSA) is 32.3 Å². The smallest absolute Gasteiger partial charge is 0.227 e. The molecule has 0 spiro atoms. The molecule has 0 aromatic heterocycles. The average Bonchev–Trinajstić information content (AvgIpc) is 2.60. The lowest BCUT2D eigenvalue weighted by atomic mass is 9.95. The van der Waals surface area contributed by atoms with Crippen molar-refractivity contribution in [1.29, 1.82) is 0 Å². The standard InChI is InChI=1S/C20H22Cl2N2O/c1-14-2-4-15(5-3-14)13-24-10-8-16(9-11-24)20(25)23-19-7-6-17(21)12-18(19)22/h2-7,12,16H,8-11,13H2,1H3,(H,23,25). The van der Waals surface area contributed by atoms with Crippen molar-refractivity contribution in [1.82, 2.24) is 4.90 Å². The lowest BCUT2D eigenvalue weighted by Gasteiger charge is -2.31. The van der Waals surface area contributed by atoms with Gasteiger partial charge in [0.2, 0.25) is 5.91 Å². The molecule has 1 fully saturated rings. The second-order valence-electron chi connectivity index (χ2n) is 6.65. The van der Waals surface area contributed by atoms with Crippen LogP contribution in [0.15, 0.2) is 42.5 Å². The van der Waals surface area contributed by atoms with Crippen LogP contribution in [0.4, 0.5) is 5.69 Å². The van der Waals surface area contributed by atoms with E-state index in [2.05, 4.69) is 41.4 Å². The van der Waals surface area contributed by atoms with Gasteiger partial charge in [-0.1, -0.05) is 53.0 Å². The largest absolute Gasteiger partial charge is 0.325 e. The van der Waals surface area contributed by atoms with E-state index in [9.17, 15) is 4.79 Å². The first-order chi connectivity index (χ1) is 12.0. The number of rotatable bonds is 4. The highest BCUT2D eigenvalue weighted by Crippen LogP contribution is 2.27. The minimum absolute atomic E-state index is 0.0287. The number of nitrogens with zero attached hydrogens (tertiary/aromatic N) is 1. The normalized spacial score (nSPS) is 16.0. The van der Waals surface area contributed by atoms with Crippen molar-refractivity contribution in [2.45, 2.75) is 26.3 Å². The second kappa shape index (κ2) is 8.22. The molecule has 2 aromatic rings. The molecule has 2 aromatic carbocycles. The van der Waals surface area contributed by atoms with Gasteiger partial charge in [-0.3, -0.25) is 9.69 Å². The van der Waals surface area contributed by atoms with Crippen LogP contribution in [-0.4, -0.2) is 23.9 Å². The maximum atomic E-state index is 12.5. The van der Waals surface area contributed by atoms with Gasteiger partial charge >= 0.3 is 0 Å². The van der Waals surface area contributed by atoms with Gasteiger partial charge in [-0.25, -0.2) is 0 Å². The van der Waals surface area contributed by atoms with E-state index in [0.717, 1.165) is 32.5 Å². The number of halogens is 2. The highest BCUT2D eigenvalue weighted by molar-refractivity contribution is 6.36. The molecule has 1 saturated heterocycles. The Morgan fingerprint density at radius 3 is 2.44 bits per heavy atom. The number of amides is 1. The molecule has 0 atom stereocenters. The van der Waals surface area contributed by atoms with Gasteiger partial charge in [-0.05, 0) is 56.6 Å². The zero-order chi connectivity index (χ0) is 17.8. The van der Waals surface area contributed by atoms with Crippen LogP contribution in [0.1, 0.15) is 24.0 Å². The van der Waals surface area contributed by atoms with E-state index >= 15 is 0 Å². The maximum absolute atomic E-state index is 12.5. The zero-order valence-electron chi connectivity index (χ0n) is 14.3. The summed E-state index contributed by atoms with van der Waals surface area (Å²) in [5.41, 5.74) is 3.22. The van der Waals surface area contributed by atoms with E-state index in [4.69, 9.17) is 23.2 Å². The lowest BCUT2D eigenvalue weighted by molar-refractivity contribution is -0.121. The number of carbonyl (C=O) groups excluding carboxylic acids is 1. The number of carbonyl (C=O) groups is 1. The predicted molar refractivity (Wildman–Crippen MR) is 104 cm³/mol. The molecule has 25 heavy (non-hydrogen) atoms. The molecule has 1 heterocycles. The number of likely N-dealkylation sites (tertiary alicyclic amines) is 1. The Hall–Kier alpha value is -1.55. The fourth-order valence-electron chi connectivity index (χ4n) is 3.13. The van der Waals surface area contributed by atoms with Crippen molar-refractivity contribution < 1.29 is 4.79 Å². The monoisotopic (exact) mass is 376 g/mol. The molecule has 5 heteroatoms. The molecular weight excluding hydrogens is 355 g/mol. The quantitative estimate of drug-likeness (QED) is 0.799. The summed E-state index contributed by atoms with van der Waals surface area (Å²) in [5.74, 6) is 0.0696. The van der Waals surface area contributed by atoms with Crippen molar-refractivity contribution in [3.63, 3.8) is 0 Å². The van der Waals surface area contributed by atoms with Crippen molar-refractivity contribution in [2.24, 2.45) is 5.92 Å². The first kappa shape index (κ1) is 18.2. The van der Waals surface area contributed by atoms with Crippen molar-refractivity contribution in [3.05, 3.63) is 63.6 Å². The van der Waals surface area contributed by atoms with Crippen LogP contribution in [0.25, 0.3) is 0 Å². The van der Waals surface area contributed by atoms with Gasteiger partial charge < -0.3 is 5.32 Å². The molecule has 0 unspecified atom stereocenters. The number of hydrogen-bond donors (Lipinski definition) is 1. The summed E-state index contributed by atoms with van der Waals surface area (Å²) in [6, 6.07) is 13.8. The fourth-order valence-corrected chi connectivity index (χ4v) is 3.59. The van der Waals surface area contributed by atoms with Gasteiger partial charge in [0.1, 0.15) is 0 Å². The number of aryl methyl sites for hydroxylation is 1. The summed E-state index contributed by atoms with van der Waals surface area (Å²) in [6.45, 7) is 4.90. The third-order valence-corrected chi connectivity index (χ3v) is 5.22. The van der Waals surface area contributed by atoms with Crippen LogP contribution in [0.3, 0.4) is 0 Å². The first-order valence-electron chi connectivity index (χ1n) is 8.55. The Morgan fingerprint density at radius 2 is 1.80 bits per heavy atom. The fraction of sp³-hybridized carbons (Fsp3) is 0.350. The molecule has 0 aliphatic carbocycles. The summed E-state index contributed by atoms with van der Waals surface area (Å²) in [4.78, 5) is 14.9. The summed E-state index contributed by atoms with van der Waals surface area (Å²) >= 11 is 12.0. The summed E-state index contributed by atoms with van der Waals surface area (Å²) in [7, 11) is 0. The number of piperidine rings is 1. The van der Waals surface area contributed by atoms with E-state index in [0.29, 0.717) is 15.7 Å². The van der Waals surface area contributed by atoms with Crippen molar-refractivity contribution >= 4 is 34.8 Å². The van der Waals surface area contributed by atoms with Gasteiger partial charge in [0.05, 0.1) is 10.7 Å². The Kier molecular flexibility index (Phi) is 6.00. The Bertz CT molecular complexity index is 738. The SMILES string of the molecule is Cc1ccc(CN2CCC(C(=O)Nc3ccc(Cl)cc3Cl)CC2)cc1. The molecule has 1 aliphatic rings. The van der Waals surface area contributed by atoms with E-state index in [1.807, 2.05) is 0 Å². The molecule has 132 valence electrons. The minimum atomic E-state index is 0.0287. The predicted octanol–water partition coefficient (Wildman–Crippen LogP) is 5.15. The summed E-state index contributed by atoms with van der Waals surface area (Å²) in [5, 5.41) is 3.96. The molecule has 3 nitrogen and oxygen atoms in total. The Morgan fingerprint density at radius 1 is 1.12 bits per heavy atom. The van der Waals surface area contributed by atoms with E-state index in [1.165, 1.54) is 11.1 Å². The zero-order valence-corrected chi connectivity index (χ0v) is 15.8. The third kappa shape index (κ3) is 4.97. The Balaban J connectivity index is 1.51. The molecule has 1 N–H and O–H groups in total. The lowest BCUT2D eigenvalue weighted by Crippen LogP contribution is -2.37. The number of hydrogen-bond acceptors (Lipinski definition) is 2. The highest BCUT2D eigenvalue weighted by atomic mass is 35.5. The van der Waals surface area contributed by atoms with E-state index < -0.39 is 0 Å². The van der Waals surface area contributed by atoms with Crippen LogP contribution >= 0.6 is 23.2 Å². The molecule has 3 rings (SSSR count). The third-order valence-electron chi connectivity index (χ3n) is 4.67. The highest BCUT2D eigenvalue weighted by Gasteiger charge is 2.25. The molecular formula is C20H22Cl2N2O. The van der Waals surface area contributed by atoms with Crippen LogP contribution in [0, 0.1) is 12.8 Å². The first-order valence-corrected chi connectivity index (χ1v) is 9.30. The second-order valence-corrected chi connectivity index (χ2v) is 7.49. The van der Waals surface area contributed by atoms with Crippen molar-refractivity contribution in [3.8, 4) is 0 Å². The molecule has 0 saturated carbocycles. The van der Waals surface area contributed by atoms with Crippen molar-refractivity contribution in [2.75, 3.05) is 18.4 Å². The molecule has 1 amide bonds. The van der Waals surface area contributed by atoms with Crippen LogP contribution in [0.2, 0.25) is 10.0 Å². The van der Waals surface area contributed by atoms with Gasteiger partial charge in [-0.15, -0.1) is 0 Å².